The molecule has 0 bridgehead atoms. The van der Waals surface area contributed by atoms with Gasteiger partial charge in [0.05, 0.1) is 18.8 Å². The molecule has 2 N–H and O–H groups in total. The van der Waals surface area contributed by atoms with Crippen LogP contribution in [0.15, 0.2) is 12.4 Å². The molecule has 5 nitrogen and oxygen atoms in total. The highest BCUT2D eigenvalue weighted by Gasteiger charge is 2.30. The molecule has 1 saturated heterocycles. The highest BCUT2D eigenvalue weighted by atomic mass is 19.3. The lowest BCUT2D eigenvalue weighted by atomic mass is 10.3. The molecule has 0 spiro atoms. The number of hydrogen-bond donors (Lipinski definition) is 2. The van der Waals surface area contributed by atoms with Gasteiger partial charge >= 0.3 is 6.55 Å². The summed E-state index contributed by atoms with van der Waals surface area (Å²) < 4.78 is 25.8. The van der Waals surface area contributed by atoms with Crippen molar-refractivity contribution in [3.05, 3.63) is 18.2 Å². The lowest BCUT2D eigenvalue weighted by Crippen LogP contribution is -2.23. The Morgan fingerprint density at radius 1 is 1.38 bits per heavy atom. The summed E-state index contributed by atoms with van der Waals surface area (Å²) in [4.78, 5) is 5.52. The van der Waals surface area contributed by atoms with E-state index in [-0.39, 0.29) is 25.5 Å². The molecular weight excluding hydrogens is 220 g/mol. The second kappa shape index (κ2) is 4.44. The zero-order chi connectivity index (χ0) is 11.7. The van der Waals surface area contributed by atoms with E-state index in [2.05, 4.69) is 4.98 Å². The number of aromatic nitrogens is 2. The monoisotopic (exact) mass is 233 g/mol. The highest BCUT2D eigenvalue weighted by Crippen LogP contribution is 2.17. The number of halogens is 2. The van der Waals surface area contributed by atoms with Crippen molar-refractivity contribution in [1.82, 2.24) is 14.5 Å². The van der Waals surface area contributed by atoms with E-state index in [1.54, 1.807) is 4.90 Å². The van der Waals surface area contributed by atoms with Crippen molar-refractivity contribution in [2.45, 2.75) is 25.3 Å². The maximum absolute atomic E-state index is 12.5. The summed E-state index contributed by atoms with van der Waals surface area (Å²) in [6, 6.07) is 0. The van der Waals surface area contributed by atoms with Crippen molar-refractivity contribution < 1.29 is 19.0 Å². The second-order valence-electron chi connectivity index (χ2n) is 3.86. The van der Waals surface area contributed by atoms with E-state index in [1.807, 2.05) is 0 Å². The molecule has 16 heavy (non-hydrogen) atoms. The molecule has 2 atom stereocenters. The van der Waals surface area contributed by atoms with Crippen molar-refractivity contribution in [2.75, 3.05) is 13.1 Å². The van der Waals surface area contributed by atoms with Gasteiger partial charge in [0.25, 0.3) is 0 Å². The molecular formula is C9H13F2N3O2. The van der Waals surface area contributed by atoms with Crippen LogP contribution in [0, 0.1) is 0 Å². The van der Waals surface area contributed by atoms with E-state index in [1.165, 1.54) is 12.4 Å². The van der Waals surface area contributed by atoms with Crippen LogP contribution in [0.1, 0.15) is 12.4 Å². The molecule has 0 radical (unpaired) electrons. The predicted octanol–water partition coefficient (Wildman–Crippen LogP) is -0.184. The molecule has 1 aliphatic heterocycles. The van der Waals surface area contributed by atoms with E-state index >= 15 is 0 Å². The number of aliphatic hydroxyl groups is 2. The molecule has 1 aromatic heterocycles. The zero-order valence-electron chi connectivity index (χ0n) is 8.50. The van der Waals surface area contributed by atoms with E-state index in [0.29, 0.717) is 0 Å². The van der Waals surface area contributed by atoms with Crippen LogP contribution < -0.4 is 0 Å². The minimum absolute atomic E-state index is 0.200. The summed E-state index contributed by atoms with van der Waals surface area (Å²) in [6.07, 6.45) is 0.901. The van der Waals surface area contributed by atoms with Crippen LogP contribution in [0.4, 0.5) is 8.78 Å². The van der Waals surface area contributed by atoms with Gasteiger partial charge in [0.2, 0.25) is 0 Å². The Labute approximate surface area is 90.9 Å². The van der Waals surface area contributed by atoms with E-state index in [0.717, 1.165) is 4.57 Å². The molecule has 1 aliphatic rings. The van der Waals surface area contributed by atoms with E-state index in [9.17, 15) is 19.0 Å². The van der Waals surface area contributed by atoms with Gasteiger partial charge in [-0.05, 0) is 0 Å². The molecule has 2 rings (SSSR count). The van der Waals surface area contributed by atoms with Crippen molar-refractivity contribution in [1.29, 1.82) is 0 Å². The Kier molecular flexibility index (Phi) is 3.17. The van der Waals surface area contributed by atoms with Crippen molar-refractivity contribution in [3.63, 3.8) is 0 Å². The van der Waals surface area contributed by atoms with Crippen molar-refractivity contribution in [2.24, 2.45) is 0 Å². The second-order valence-corrected chi connectivity index (χ2v) is 3.86. The first-order valence-corrected chi connectivity index (χ1v) is 4.96. The fraction of sp³-hybridized carbons (Fsp3) is 0.667. The van der Waals surface area contributed by atoms with Crippen LogP contribution >= 0.6 is 0 Å². The van der Waals surface area contributed by atoms with Gasteiger partial charge in [0.1, 0.15) is 5.82 Å². The van der Waals surface area contributed by atoms with Crippen LogP contribution in [0.5, 0.6) is 0 Å². The third-order valence-electron chi connectivity index (χ3n) is 2.66. The lowest BCUT2D eigenvalue weighted by molar-refractivity contribution is 0.0572. The summed E-state index contributed by atoms with van der Waals surface area (Å²) >= 11 is 0. The molecule has 2 unspecified atom stereocenters. The zero-order valence-corrected chi connectivity index (χ0v) is 8.50. The quantitative estimate of drug-likeness (QED) is 0.760. The van der Waals surface area contributed by atoms with Gasteiger partial charge in [-0.1, -0.05) is 0 Å². The van der Waals surface area contributed by atoms with E-state index in [4.69, 9.17) is 0 Å². The average molecular weight is 233 g/mol. The fourth-order valence-electron chi connectivity index (χ4n) is 1.82. The van der Waals surface area contributed by atoms with Gasteiger partial charge in [0.15, 0.2) is 0 Å². The standard InChI is InChI=1S/C9H13F2N3O2/c10-9(11)14-2-1-12-8(14)5-13-3-6(15)7(16)4-13/h1-2,6-7,9,15-16H,3-5H2. The number of β-amino-alcohol motifs (C(OH)–C–C–N with tert-alkyl or cyclic N) is 2. The average Bonchev–Trinajstić information content (AvgIpc) is 2.75. The largest absolute Gasteiger partial charge is 0.389 e. The Morgan fingerprint density at radius 3 is 2.56 bits per heavy atom. The predicted molar refractivity (Wildman–Crippen MR) is 50.8 cm³/mol. The number of likely N-dealkylation sites (tertiary alicyclic amines) is 1. The summed E-state index contributed by atoms with van der Waals surface area (Å²) in [5, 5.41) is 18.6. The topological polar surface area (TPSA) is 61.5 Å². The SMILES string of the molecule is OC1CN(Cc2nccn2C(F)F)CC1O. The molecule has 0 saturated carbocycles. The van der Waals surface area contributed by atoms with Gasteiger partial charge in [-0.15, -0.1) is 0 Å². The number of hydrogen-bond acceptors (Lipinski definition) is 4. The molecule has 0 amide bonds. The minimum atomic E-state index is -2.62. The van der Waals surface area contributed by atoms with Crippen LogP contribution in [0.25, 0.3) is 0 Å². The van der Waals surface area contributed by atoms with Crippen molar-refractivity contribution >= 4 is 0 Å². The van der Waals surface area contributed by atoms with Crippen LogP contribution in [-0.4, -0.2) is 50.0 Å². The Bertz CT molecular complexity index is 348. The fourth-order valence-corrected chi connectivity index (χ4v) is 1.82. The molecule has 2 heterocycles. The first kappa shape index (κ1) is 11.4. The maximum Gasteiger partial charge on any atom is 0.319 e. The molecule has 0 aliphatic carbocycles. The summed E-state index contributed by atoms with van der Waals surface area (Å²) in [6.45, 7) is -1.87. The number of rotatable bonds is 3. The van der Waals surface area contributed by atoms with Crippen LogP contribution in [0.3, 0.4) is 0 Å². The molecule has 1 fully saturated rings. The van der Waals surface area contributed by atoms with Gasteiger partial charge in [-0.25, -0.2) is 4.98 Å². The third-order valence-corrected chi connectivity index (χ3v) is 2.66. The summed E-state index contributed by atoms with van der Waals surface area (Å²) in [5.74, 6) is 0.233. The Balaban J connectivity index is 2.02. The Morgan fingerprint density at radius 2 is 2.00 bits per heavy atom. The van der Waals surface area contributed by atoms with E-state index < -0.39 is 18.8 Å². The van der Waals surface area contributed by atoms with Gasteiger partial charge in [-0.3, -0.25) is 9.47 Å². The summed E-state index contributed by atoms with van der Waals surface area (Å²) in [5.41, 5.74) is 0. The third kappa shape index (κ3) is 2.21. The molecule has 90 valence electrons. The maximum atomic E-state index is 12.5. The van der Waals surface area contributed by atoms with Gasteiger partial charge < -0.3 is 10.2 Å². The van der Waals surface area contributed by atoms with Gasteiger partial charge in [-0.2, -0.15) is 8.78 Å². The molecule has 1 aromatic rings. The van der Waals surface area contributed by atoms with Crippen LogP contribution in [0.2, 0.25) is 0 Å². The lowest BCUT2D eigenvalue weighted by Gasteiger charge is -2.15. The first-order valence-electron chi connectivity index (χ1n) is 4.96. The van der Waals surface area contributed by atoms with Crippen LogP contribution in [-0.2, 0) is 6.54 Å². The number of imidazole rings is 1. The number of aliphatic hydroxyl groups excluding tert-OH is 2. The molecule has 0 aromatic carbocycles. The minimum Gasteiger partial charge on any atom is -0.389 e. The number of alkyl halides is 2. The number of nitrogens with zero attached hydrogens (tertiary/aromatic N) is 3. The first-order chi connectivity index (χ1) is 7.58. The normalized spacial score (nSPS) is 26.8. The Hall–Kier alpha value is -1.05. The molecule has 7 heteroatoms. The van der Waals surface area contributed by atoms with Gasteiger partial charge in [0, 0.05) is 25.5 Å². The summed E-state index contributed by atoms with van der Waals surface area (Å²) in [7, 11) is 0. The smallest absolute Gasteiger partial charge is 0.319 e. The van der Waals surface area contributed by atoms with Crippen molar-refractivity contribution in [3.8, 4) is 0 Å². The highest BCUT2D eigenvalue weighted by molar-refractivity contribution is 4.95.